The predicted molar refractivity (Wildman–Crippen MR) is 120 cm³/mol. The average Bonchev–Trinajstić information content (AvgIpc) is 3.42. The van der Waals surface area contributed by atoms with Gasteiger partial charge in [-0.25, -0.2) is 9.98 Å². The molecule has 1 N–H and O–H groups in total. The van der Waals surface area contributed by atoms with Crippen molar-refractivity contribution in [2.24, 2.45) is 4.99 Å². The normalized spacial score (nSPS) is 19.5. The van der Waals surface area contributed by atoms with Crippen LogP contribution in [0.4, 0.5) is 5.13 Å². The zero-order chi connectivity index (χ0) is 20.8. The van der Waals surface area contributed by atoms with Crippen molar-refractivity contribution in [2.45, 2.75) is 39.3 Å². The van der Waals surface area contributed by atoms with Crippen LogP contribution in [0.5, 0.6) is 0 Å². The predicted octanol–water partition coefficient (Wildman–Crippen LogP) is 1.30. The molecule has 9 heteroatoms. The molecular weight excluding hydrogens is 386 g/mol. The molecule has 2 aliphatic rings. The van der Waals surface area contributed by atoms with Crippen LogP contribution >= 0.6 is 11.3 Å². The molecule has 2 fully saturated rings. The third kappa shape index (κ3) is 5.60. The minimum absolute atomic E-state index is 0.0331. The molecule has 1 aromatic heterocycles. The van der Waals surface area contributed by atoms with Gasteiger partial charge in [-0.1, -0.05) is 0 Å². The van der Waals surface area contributed by atoms with Gasteiger partial charge in [0.05, 0.1) is 18.3 Å². The van der Waals surface area contributed by atoms with Crippen LogP contribution in [-0.2, 0) is 11.3 Å². The second-order valence-electron chi connectivity index (χ2n) is 7.92. The first-order chi connectivity index (χ1) is 14.0. The third-order valence-electron chi connectivity index (χ3n) is 5.58. The monoisotopic (exact) mass is 421 g/mol. The number of hydrogen-bond acceptors (Lipinski definition) is 6. The second kappa shape index (κ2) is 10.2. The summed E-state index contributed by atoms with van der Waals surface area (Å²) >= 11 is 1.64. The van der Waals surface area contributed by atoms with E-state index in [0.29, 0.717) is 6.54 Å². The summed E-state index contributed by atoms with van der Waals surface area (Å²) in [6.07, 6.45) is 2.29. The fraction of sp³-hybridized carbons (Fsp3) is 0.750. The molecule has 0 bridgehead atoms. The fourth-order valence-corrected chi connectivity index (χ4v) is 4.58. The molecule has 1 atom stereocenters. The molecule has 0 saturated carbocycles. The summed E-state index contributed by atoms with van der Waals surface area (Å²) in [6, 6.07) is -0.0331. The van der Waals surface area contributed by atoms with Crippen LogP contribution in [0.1, 0.15) is 32.4 Å². The van der Waals surface area contributed by atoms with E-state index in [-0.39, 0.29) is 11.9 Å². The average molecular weight is 422 g/mol. The number of amides is 1. The molecule has 1 unspecified atom stereocenters. The van der Waals surface area contributed by atoms with Crippen LogP contribution < -0.4 is 10.2 Å². The second-order valence-corrected chi connectivity index (χ2v) is 8.75. The number of likely N-dealkylation sites (tertiary alicyclic amines) is 1. The number of guanidine groups is 1. The largest absolute Gasteiger partial charge is 0.357 e. The number of nitrogens with one attached hydrogen (secondary N) is 1. The summed E-state index contributed by atoms with van der Waals surface area (Å²) < 4.78 is 0. The zero-order valence-electron chi connectivity index (χ0n) is 18.2. The van der Waals surface area contributed by atoms with Crippen LogP contribution in [0, 0.1) is 0 Å². The lowest BCUT2D eigenvalue weighted by atomic mass is 10.2. The van der Waals surface area contributed by atoms with Crippen LogP contribution in [0.15, 0.2) is 10.4 Å². The summed E-state index contributed by atoms with van der Waals surface area (Å²) in [5.41, 5.74) is 0.998. The van der Waals surface area contributed by atoms with Gasteiger partial charge >= 0.3 is 0 Å². The van der Waals surface area contributed by atoms with E-state index >= 15 is 0 Å². The minimum atomic E-state index is -0.0331. The highest BCUT2D eigenvalue weighted by molar-refractivity contribution is 7.13. The molecule has 2 saturated heterocycles. The van der Waals surface area contributed by atoms with Crippen molar-refractivity contribution >= 4 is 28.3 Å². The molecule has 3 heterocycles. The number of piperazine rings is 1. The van der Waals surface area contributed by atoms with E-state index in [4.69, 9.17) is 4.99 Å². The number of carbonyl (C=O) groups is 1. The molecule has 2 aliphatic heterocycles. The quantitative estimate of drug-likeness (QED) is 0.552. The van der Waals surface area contributed by atoms with Crippen molar-refractivity contribution in [2.75, 3.05) is 64.8 Å². The van der Waals surface area contributed by atoms with Gasteiger partial charge in [-0.3, -0.25) is 9.69 Å². The number of rotatable bonds is 6. The number of aliphatic imine (C=N–C) groups is 1. The molecule has 0 aliphatic carbocycles. The lowest BCUT2D eigenvalue weighted by Gasteiger charge is -2.39. The van der Waals surface area contributed by atoms with E-state index in [9.17, 15) is 4.79 Å². The maximum absolute atomic E-state index is 12.7. The summed E-state index contributed by atoms with van der Waals surface area (Å²) in [6.45, 7) is 10.9. The van der Waals surface area contributed by atoms with E-state index in [2.05, 4.69) is 39.3 Å². The van der Waals surface area contributed by atoms with Gasteiger partial charge in [-0.2, -0.15) is 0 Å². The Morgan fingerprint density at radius 2 is 1.90 bits per heavy atom. The standard InChI is InChI=1S/C20H35N7OS/c1-5-21-19(22-14-17-15-29-20(23-17)24(3)4)27-12-10-25(11-13-27)16(2)18(28)26-8-6-7-9-26/h15-16H,5-14H2,1-4H3,(H,21,22). The molecule has 0 spiro atoms. The number of aromatic nitrogens is 1. The zero-order valence-corrected chi connectivity index (χ0v) is 19.0. The molecule has 8 nitrogen and oxygen atoms in total. The Bertz CT molecular complexity index is 691. The van der Waals surface area contributed by atoms with Crippen LogP contribution in [-0.4, -0.2) is 97.5 Å². The van der Waals surface area contributed by atoms with Crippen molar-refractivity contribution in [1.29, 1.82) is 0 Å². The molecule has 29 heavy (non-hydrogen) atoms. The fourth-order valence-electron chi connectivity index (χ4n) is 3.83. The molecule has 1 amide bonds. The highest BCUT2D eigenvalue weighted by Crippen LogP contribution is 2.19. The molecule has 162 valence electrons. The molecular formula is C20H35N7OS. The summed E-state index contributed by atoms with van der Waals surface area (Å²) in [5.74, 6) is 1.22. The lowest BCUT2D eigenvalue weighted by molar-refractivity contribution is -0.135. The van der Waals surface area contributed by atoms with Gasteiger partial charge in [-0.05, 0) is 26.7 Å². The minimum Gasteiger partial charge on any atom is -0.357 e. The first kappa shape index (κ1) is 21.8. The van der Waals surface area contributed by atoms with Crippen molar-refractivity contribution in [3.05, 3.63) is 11.1 Å². The maximum Gasteiger partial charge on any atom is 0.239 e. The van der Waals surface area contributed by atoms with E-state index in [1.165, 1.54) is 0 Å². The van der Waals surface area contributed by atoms with E-state index in [0.717, 1.165) is 75.4 Å². The van der Waals surface area contributed by atoms with Gasteiger partial charge in [0.1, 0.15) is 0 Å². The maximum atomic E-state index is 12.7. The van der Waals surface area contributed by atoms with Gasteiger partial charge < -0.3 is 20.0 Å². The SMILES string of the molecule is CCNC(=NCc1csc(N(C)C)n1)N1CCN(C(C)C(=O)N2CCCC2)CC1. The van der Waals surface area contributed by atoms with Gasteiger partial charge in [0, 0.05) is 65.3 Å². The first-order valence-corrected chi connectivity index (χ1v) is 11.6. The lowest BCUT2D eigenvalue weighted by Crippen LogP contribution is -2.57. The Morgan fingerprint density at radius 3 is 2.48 bits per heavy atom. The Morgan fingerprint density at radius 1 is 1.21 bits per heavy atom. The van der Waals surface area contributed by atoms with Crippen molar-refractivity contribution in [3.63, 3.8) is 0 Å². The van der Waals surface area contributed by atoms with E-state index in [1.54, 1.807) is 11.3 Å². The molecule has 1 aromatic rings. The summed E-state index contributed by atoms with van der Waals surface area (Å²) in [4.78, 5) is 30.8. The third-order valence-corrected chi connectivity index (χ3v) is 6.64. The number of hydrogen-bond donors (Lipinski definition) is 1. The number of anilines is 1. The van der Waals surface area contributed by atoms with Gasteiger partial charge in [0.2, 0.25) is 5.91 Å². The smallest absolute Gasteiger partial charge is 0.239 e. The van der Waals surface area contributed by atoms with Crippen LogP contribution in [0.2, 0.25) is 0 Å². The van der Waals surface area contributed by atoms with E-state index in [1.807, 2.05) is 23.9 Å². The van der Waals surface area contributed by atoms with E-state index < -0.39 is 0 Å². The summed E-state index contributed by atoms with van der Waals surface area (Å²) in [5, 5.41) is 6.49. The highest BCUT2D eigenvalue weighted by Gasteiger charge is 2.30. The Labute approximate surface area is 178 Å². The van der Waals surface area contributed by atoms with Crippen molar-refractivity contribution in [3.8, 4) is 0 Å². The van der Waals surface area contributed by atoms with Crippen LogP contribution in [0.25, 0.3) is 0 Å². The van der Waals surface area contributed by atoms with Gasteiger partial charge in [-0.15, -0.1) is 11.3 Å². The number of nitrogens with zero attached hydrogens (tertiary/aromatic N) is 6. The molecule has 0 radical (unpaired) electrons. The molecule has 0 aromatic carbocycles. The Hall–Kier alpha value is -1.87. The van der Waals surface area contributed by atoms with Crippen molar-refractivity contribution < 1.29 is 4.79 Å². The first-order valence-electron chi connectivity index (χ1n) is 10.7. The number of carbonyl (C=O) groups excluding carboxylic acids is 1. The van der Waals surface area contributed by atoms with Crippen LogP contribution in [0.3, 0.4) is 0 Å². The topological polar surface area (TPSA) is 67.3 Å². The Kier molecular flexibility index (Phi) is 7.71. The van der Waals surface area contributed by atoms with Gasteiger partial charge in [0.15, 0.2) is 11.1 Å². The summed E-state index contributed by atoms with van der Waals surface area (Å²) in [7, 11) is 4.01. The highest BCUT2D eigenvalue weighted by atomic mass is 32.1. The van der Waals surface area contributed by atoms with Gasteiger partial charge in [0.25, 0.3) is 0 Å². The number of thiazole rings is 1. The Balaban J connectivity index is 1.55. The van der Waals surface area contributed by atoms with Crippen molar-refractivity contribution in [1.82, 2.24) is 25.0 Å². The molecule has 3 rings (SSSR count).